The van der Waals surface area contributed by atoms with Crippen LogP contribution >= 0.6 is 0 Å². The maximum atomic E-state index is 12.8. The number of benzene rings is 2. The zero-order valence-corrected chi connectivity index (χ0v) is 11.4. The minimum absolute atomic E-state index is 0.108. The molecular weight excluding hydrogens is 291 g/mol. The van der Waals surface area contributed by atoms with Crippen LogP contribution in [0.4, 0.5) is 4.39 Å². The molecule has 0 fully saturated rings. The second-order valence-corrected chi connectivity index (χ2v) is 4.57. The lowest BCUT2D eigenvalue weighted by Gasteiger charge is -2.05. The van der Waals surface area contributed by atoms with Crippen LogP contribution < -0.4 is 9.47 Å². The average molecular weight is 302 g/mol. The standard InChI is InChI=1S/C16H11FO5/c17-12-4-1-10(2-5-12)13(18)8-20-16(19)11-3-6-14-15(7-11)22-9-21-14/h1-7H,8-9H2. The summed E-state index contributed by atoms with van der Waals surface area (Å²) in [6.45, 7) is -0.310. The molecule has 2 aromatic rings. The van der Waals surface area contributed by atoms with Crippen molar-refractivity contribution in [1.29, 1.82) is 0 Å². The summed E-state index contributed by atoms with van der Waals surface area (Å²) in [5.41, 5.74) is 0.538. The summed E-state index contributed by atoms with van der Waals surface area (Å²) in [4.78, 5) is 23.7. The third kappa shape index (κ3) is 2.90. The van der Waals surface area contributed by atoms with Crippen LogP contribution in [0.3, 0.4) is 0 Å². The van der Waals surface area contributed by atoms with E-state index >= 15 is 0 Å². The van der Waals surface area contributed by atoms with Gasteiger partial charge in [0.1, 0.15) is 5.82 Å². The first kappa shape index (κ1) is 14.1. The van der Waals surface area contributed by atoms with Gasteiger partial charge in [-0.2, -0.15) is 0 Å². The molecule has 0 aliphatic carbocycles. The van der Waals surface area contributed by atoms with E-state index in [4.69, 9.17) is 14.2 Å². The molecule has 0 saturated heterocycles. The number of carbonyl (C=O) groups excluding carboxylic acids is 2. The van der Waals surface area contributed by atoms with Crippen LogP contribution in [0.25, 0.3) is 0 Å². The Kier molecular flexibility index (Phi) is 3.74. The summed E-state index contributed by atoms with van der Waals surface area (Å²) in [6, 6.07) is 9.64. The Balaban J connectivity index is 1.62. The lowest BCUT2D eigenvalue weighted by atomic mass is 10.1. The van der Waals surface area contributed by atoms with Crippen LogP contribution in [-0.2, 0) is 4.74 Å². The highest BCUT2D eigenvalue weighted by Crippen LogP contribution is 2.32. The molecule has 0 radical (unpaired) electrons. The first-order valence-corrected chi connectivity index (χ1v) is 6.49. The number of carbonyl (C=O) groups is 2. The highest BCUT2D eigenvalue weighted by Gasteiger charge is 2.18. The van der Waals surface area contributed by atoms with E-state index in [0.29, 0.717) is 11.5 Å². The number of esters is 1. The molecule has 6 heteroatoms. The monoisotopic (exact) mass is 302 g/mol. The molecule has 1 aliphatic heterocycles. The van der Waals surface area contributed by atoms with Crippen LogP contribution in [0, 0.1) is 5.82 Å². The lowest BCUT2D eigenvalue weighted by Crippen LogP contribution is -2.14. The molecule has 22 heavy (non-hydrogen) atoms. The predicted molar refractivity (Wildman–Crippen MR) is 73.6 cm³/mol. The number of hydrogen-bond acceptors (Lipinski definition) is 5. The highest BCUT2D eigenvalue weighted by atomic mass is 19.1. The molecule has 0 N–H and O–H groups in total. The predicted octanol–water partition coefficient (Wildman–Crippen LogP) is 2.59. The smallest absolute Gasteiger partial charge is 0.338 e. The SMILES string of the molecule is O=C(COC(=O)c1ccc2c(c1)OCO2)c1ccc(F)cc1. The second kappa shape index (κ2) is 5.85. The van der Waals surface area contributed by atoms with E-state index in [1.165, 1.54) is 36.4 Å². The number of Topliss-reactive ketones (excluding diaryl/α,β-unsaturated/α-hetero) is 1. The number of hydrogen-bond donors (Lipinski definition) is 0. The molecule has 5 nitrogen and oxygen atoms in total. The molecule has 0 atom stereocenters. The Morgan fingerprint density at radius 1 is 1.00 bits per heavy atom. The maximum Gasteiger partial charge on any atom is 0.338 e. The van der Waals surface area contributed by atoms with Gasteiger partial charge in [0.05, 0.1) is 5.56 Å². The van der Waals surface area contributed by atoms with Crippen molar-refractivity contribution >= 4 is 11.8 Å². The fourth-order valence-electron chi connectivity index (χ4n) is 1.96. The third-order valence-electron chi connectivity index (χ3n) is 3.11. The van der Waals surface area contributed by atoms with Gasteiger partial charge in [-0.1, -0.05) is 0 Å². The van der Waals surface area contributed by atoms with Crippen molar-refractivity contribution < 1.29 is 28.2 Å². The molecule has 0 aromatic heterocycles. The first-order valence-electron chi connectivity index (χ1n) is 6.49. The van der Waals surface area contributed by atoms with Gasteiger partial charge in [-0.15, -0.1) is 0 Å². The topological polar surface area (TPSA) is 61.8 Å². The molecule has 0 bridgehead atoms. The van der Waals surface area contributed by atoms with Gasteiger partial charge in [-0.25, -0.2) is 9.18 Å². The zero-order chi connectivity index (χ0) is 15.5. The molecule has 1 aliphatic rings. The molecule has 2 aromatic carbocycles. The molecule has 0 unspecified atom stereocenters. The van der Waals surface area contributed by atoms with Crippen molar-refractivity contribution in [3.8, 4) is 11.5 Å². The van der Waals surface area contributed by atoms with Gasteiger partial charge in [-0.05, 0) is 42.5 Å². The Bertz CT molecular complexity index is 724. The van der Waals surface area contributed by atoms with Gasteiger partial charge in [0.15, 0.2) is 23.9 Å². The summed E-state index contributed by atoms with van der Waals surface area (Å²) >= 11 is 0. The molecule has 112 valence electrons. The van der Waals surface area contributed by atoms with Gasteiger partial charge in [-0.3, -0.25) is 4.79 Å². The Morgan fingerprint density at radius 2 is 1.68 bits per heavy atom. The molecular formula is C16H11FO5. The van der Waals surface area contributed by atoms with Crippen molar-refractivity contribution in [2.45, 2.75) is 0 Å². The number of halogens is 1. The van der Waals surface area contributed by atoms with Crippen molar-refractivity contribution in [1.82, 2.24) is 0 Å². The van der Waals surface area contributed by atoms with Crippen molar-refractivity contribution in [2.24, 2.45) is 0 Å². The molecule has 0 saturated carbocycles. The van der Waals surface area contributed by atoms with E-state index in [0.717, 1.165) is 0 Å². The van der Waals surface area contributed by atoms with Crippen LogP contribution in [0.1, 0.15) is 20.7 Å². The first-order chi connectivity index (χ1) is 10.6. The van der Waals surface area contributed by atoms with Crippen LogP contribution in [-0.4, -0.2) is 25.2 Å². The second-order valence-electron chi connectivity index (χ2n) is 4.57. The normalized spacial score (nSPS) is 12.0. The van der Waals surface area contributed by atoms with E-state index in [1.807, 2.05) is 0 Å². The Labute approximate surface area is 125 Å². The Hall–Kier alpha value is -2.89. The van der Waals surface area contributed by atoms with E-state index in [1.54, 1.807) is 6.07 Å². The van der Waals surface area contributed by atoms with Crippen LogP contribution in [0.5, 0.6) is 11.5 Å². The fourth-order valence-corrected chi connectivity index (χ4v) is 1.96. The lowest BCUT2D eigenvalue weighted by molar-refractivity contribution is 0.0474. The Morgan fingerprint density at radius 3 is 2.45 bits per heavy atom. The number of ketones is 1. The van der Waals surface area contributed by atoms with Crippen LogP contribution in [0.15, 0.2) is 42.5 Å². The average Bonchev–Trinajstić information content (AvgIpc) is 3.00. The van der Waals surface area contributed by atoms with Gasteiger partial charge in [0.25, 0.3) is 0 Å². The van der Waals surface area contributed by atoms with Crippen LogP contribution in [0.2, 0.25) is 0 Å². The van der Waals surface area contributed by atoms with Gasteiger partial charge >= 0.3 is 5.97 Å². The van der Waals surface area contributed by atoms with E-state index in [2.05, 4.69) is 0 Å². The maximum absolute atomic E-state index is 12.8. The fraction of sp³-hybridized carbons (Fsp3) is 0.125. The van der Waals surface area contributed by atoms with E-state index < -0.39 is 24.2 Å². The summed E-state index contributed by atoms with van der Waals surface area (Å²) in [5.74, 6) is -0.477. The van der Waals surface area contributed by atoms with Gasteiger partial charge in [0.2, 0.25) is 6.79 Å². The zero-order valence-electron chi connectivity index (χ0n) is 11.4. The van der Waals surface area contributed by atoms with Crippen molar-refractivity contribution in [3.63, 3.8) is 0 Å². The number of ether oxygens (including phenoxy) is 3. The summed E-state index contributed by atoms with van der Waals surface area (Å²) < 4.78 is 28.0. The highest BCUT2D eigenvalue weighted by molar-refractivity contribution is 5.99. The van der Waals surface area contributed by atoms with Gasteiger partial charge in [0, 0.05) is 5.56 Å². The molecule has 0 amide bonds. The quantitative estimate of drug-likeness (QED) is 0.641. The van der Waals surface area contributed by atoms with Gasteiger partial charge < -0.3 is 14.2 Å². The number of fused-ring (bicyclic) bond motifs is 1. The van der Waals surface area contributed by atoms with E-state index in [-0.39, 0.29) is 17.9 Å². The summed E-state index contributed by atoms with van der Waals surface area (Å²) in [7, 11) is 0. The van der Waals surface area contributed by atoms with Crippen molar-refractivity contribution in [2.75, 3.05) is 13.4 Å². The van der Waals surface area contributed by atoms with E-state index in [9.17, 15) is 14.0 Å². The van der Waals surface area contributed by atoms with Crippen molar-refractivity contribution in [3.05, 3.63) is 59.4 Å². The molecule has 0 spiro atoms. The molecule has 1 heterocycles. The third-order valence-corrected chi connectivity index (χ3v) is 3.11. The summed E-state index contributed by atoms with van der Waals surface area (Å²) in [5, 5.41) is 0. The number of rotatable bonds is 4. The largest absolute Gasteiger partial charge is 0.454 e. The minimum Gasteiger partial charge on any atom is -0.454 e. The summed E-state index contributed by atoms with van der Waals surface area (Å²) in [6.07, 6.45) is 0. The minimum atomic E-state index is -0.645. The molecule has 3 rings (SSSR count).